The Kier molecular flexibility index (Phi) is 11.1. The van der Waals surface area contributed by atoms with Gasteiger partial charge in [-0.25, -0.2) is 4.99 Å². The Labute approximate surface area is 190 Å². The third kappa shape index (κ3) is 7.92. The molecule has 0 radical (unpaired) electrons. The summed E-state index contributed by atoms with van der Waals surface area (Å²) in [5.41, 5.74) is 2.90. The van der Waals surface area contributed by atoms with Gasteiger partial charge in [-0.15, -0.1) is 24.0 Å². The molecule has 0 spiro atoms. The Morgan fingerprint density at radius 2 is 1.55 bits per heavy atom. The first-order chi connectivity index (χ1) is 13.6. The van der Waals surface area contributed by atoms with Gasteiger partial charge in [0.1, 0.15) is 5.75 Å². The van der Waals surface area contributed by atoms with Crippen LogP contribution in [0.4, 0.5) is 0 Å². The Bertz CT molecular complexity index is 776. The Morgan fingerprint density at radius 1 is 0.966 bits per heavy atom. The molecule has 0 aromatic heterocycles. The van der Waals surface area contributed by atoms with Crippen LogP contribution in [0.5, 0.6) is 5.75 Å². The van der Waals surface area contributed by atoms with Gasteiger partial charge < -0.3 is 20.3 Å². The van der Waals surface area contributed by atoms with E-state index >= 15 is 0 Å². The lowest BCUT2D eigenvalue weighted by molar-refractivity contribution is 0.0956. The minimum Gasteiger partial charge on any atom is -0.497 e. The molecule has 0 bridgehead atoms. The van der Waals surface area contributed by atoms with Gasteiger partial charge in [-0.2, -0.15) is 0 Å². The summed E-state index contributed by atoms with van der Waals surface area (Å²) in [5, 5.41) is 6.13. The van der Waals surface area contributed by atoms with Crippen LogP contribution < -0.4 is 15.4 Å². The van der Waals surface area contributed by atoms with Crippen LogP contribution in [0.2, 0.25) is 0 Å². The van der Waals surface area contributed by atoms with Gasteiger partial charge in [0, 0.05) is 32.2 Å². The summed E-state index contributed by atoms with van der Waals surface area (Å²) in [5.74, 6) is 1.64. The summed E-state index contributed by atoms with van der Waals surface area (Å²) in [6.07, 6.45) is 0. The summed E-state index contributed by atoms with van der Waals surface area (Å²) >= 11 is 0. The lowest BCUT2D eigenvalue weighted by atomic mass is 10.1. The third-order valence-electron chi connectivity index (χ3n) is 4.24. The summed E-state index contributed by atoms with van der Waals surface area (Å²) in [4.78, 5) is 18.7. The van der Waals surface area contributed by atoms with E-state index in [2.05, 4.69) is 34.6 Å². The quantitative estimate of drug-likeness (QED) is 0.323. The van der Waals surface area contributed by atoms with Crippen molar-refractivity contribution in [2.24, 2.45) is 4.99 Å². The van der Waals surface area contributed by atoms with E-state index in [0.717, 1.165) is 30.4 Å². The van der Waals surface area contributed by atoms with E-state index in [0.29, 0.717) is 18.7 Å². The highest BCUT2D eigenvalue weighted by Gasteiger charge is 2.08. The maximum Gasteiger partial charge on any atom is 0.251 e. The van der Waals surface area contributed by atoms with Crippen LogP contribution in [0.15, 0.2) is 53.5 Å². The van der Waals surface area contributed by atoms with Gasteiger partial charge in [0.15, 0.2) is 5.96 Å². The molecule has 0 atom stereocenters. The first-order valence-electron chi connectivity index (χ1n) is 9.56. The molecule has 1 amide bonds. The predicted molar refractivity (Wildman–Crippen MR) is 129 cm³/mol. The van der Waals surface area contributed by atoms with Gasteiger partial charge >= 0.3 is 0 Å². The number of hydrogen-bond donors (Lipinski definition) is 2. The van der Waals surface area contributed by atoms with Crippen molar-refractivity contribution in [1.29, 1.82) is 0 Å². The molecule has 0 aliphatic carbocycles. The molecule has 2 N–H and O–H groups in total. The average molecular weight is 510 g/mol. The van der Waals surface area contributed by atoms with Crippen molar-refractivity contribution in [3.63, 3.8) is 0 Å². The van der Waals surface area contributed by atoms with Crippen LogP contribution in [0.1, 0.15) is 35.3 Å². The number of halogens is 1. The normalized spacial score (nSPS) is 10.7. The standard InChI is InChI=1S/C22H30N4O2.HI/c1-5-23-21(27)19-11-7-17(8-12-19)15-25-22(24-6-2)26(3)16-18-9-13-20(28-4)14-10-18;/h7-14H,5-6,15-16H2,1-4H3,(H,23,27)(H,24,25);1H. The largest absolute Gasteiger partial charge is 0.497 e. The zero-order valence-electron chi connectivity index (χ0n) is 17.6. The molecule has 0 unspecified atom stereocenters. The lowest BCUT2D eigenvalue weighted by Crippen LogP contribution is -2.38. The van der Waals surface area contributed by atoms with E-state index in [-0.39, 0.29) is 29.9 Å². The zero-order chi connectivity index (χ0) is 20.4. The fourth-order valence-corrected chi connectivity index (χ4v) is 2.74. The molecule has 2 rings (SSSR count). The molecule has 0 heterocycles. The molecule has 0 saturated carbocycles. The second-order valence-electron chi connectivity index (χ2n) is 6.43. The predicted octanol–water partition coefficient (Wildman–Crippen LogP) is 3.66. The van der Waals surface area contributed by atoms with Crippen molar-refractivity contribution in [2.45, 2.75) is 26.9 Å². The molecule has 0 aliphatic heterocycles. The number of rotatable bonds is 8. The smallest absolute Gasteiger partial charge is 0.251 e. The molecule has 158 valence electrons. The van der Waals surface area contributed by atoms with Crippen LogP contribution in [0.3, 0.4) is 0 Å². The summed E-state index contributed by atoms with van der Waals surface area (Å²) in [6, 6.07) is 15.6. The lowest BCUT2D eigenvalue weighted by Gasteiger charge is -2.22. The van der Waals surface area contributed by atoms with E-state index in [1.807, 2.05) is 50.4 Å². The first-order valence-corrected chi connectivity index (χ1v) is 9.56. The Morgan fingerprint density at radius 3 is 2.10 bits per heavy atom. The molecule has 29 heavy (non-hydrogen) atoms. The minimum absolute atomic E-state index is 0. The fraction of sp³-hybridized carbons (Fsp3) is 0.364. The molecular formula is C22H31IN4O2. The van der Waals surface area contributed by atoms with Crippen molar-refractivity contribution >= 4 is 35.8 Å². The van der Waals surface area contributed by atoms with E-state index in [9.17, 15) is 4.79 Å². The highest BCUT2D eigenvalue weighted by atomic mass is 127. The molecule has 6 nitrogen and oxygen atoms in total. The van der Waals surface area contributed by atoms with Crippen molar-refractivity contribution < 1.29 is 9.53 Å². The number of carbonyl (C=O) groups is 1. The van der Waals surface area contributed by atoms with Crippen LogP contribution >= 0.6 is 24.0 Å². The van der Waals surface area contributed by atoms with Crippen molar-refractivity contribution in [1.82, 2.24) is 15.5 Å². The molecule has 0 fully saturated rings. The van der Waals surface area contributed by atoms with Gasteiger partial charge in [0.2, 0.25) is 0 Å². The molecule has 0 saturated heterocycles. The number of methoxy groups -OCH3 is 1. The van der Waals surface area contributed by atoms with Gasteiger partial charge in [-0.1, -0.05) is 24.3 Å². The first kappa shape index (κ1) is 24.7. The molecule has 2 aromatic rings. The number of guanidine groups is 1. The van der Waals surface area contributed by atoms with E-state index in [4.69, 9.17) is 9.73 Å². The van der Waals surface area contributed by atoms with E-state index < -0.39 is 0 Å². The average Bonchev–Trinajstić information content (AvgIpc) is 2.72. The number of nitrogens with one attached hydrogen (secondary N) is 2. The maximum atomic E-state index is 11.8. The Hall–Kier alpha value is -2.29. The van der Waals surface area contributed by atoms with Crippen LogP contribution in [0, 0.1) is 0 Å². The number of carbonyl (C=O) groups excluding carboxylic acids is 1. The minimum atomic E-state index is -0.0508. The molecule has 2 aromatic carbocycles. The number of aliphatic imine (C=N–C) groups is 1. The van der Waals surface area contributed by atoms with Gasteiger partial charge in [-0.3, -0.25) is 4.79 Å². The van der Waals surface area contributed by atoms with Crippen LogP contribution in [-0.2, 0) is 13.1 Å². The van der Waals surface area contributed by atoms with Gasteiger partial charge in [-0.05, 0) is 49.2 Å². The topological polar surface area (TPSA) is 66.0 Å². The van der Waals surface area contributed by atoms with Crippen LogP contribution in [0.25, 0.3) is 0 Å². The molecular weight excluding hydrogens is 479 g/mol. The number of benzene rings is 2. The van der Waals surface area contributed by atoms with Crippen molar-refractivity contribution in [3.05, 3.63) is 65.2 Å². The molecule has 0 aliphatic rings. The maximum absolute atomic E-state index is 11.8. The van der Waals surface area contributed by atoms with Gasteiger partial charge in [0.05, 0.1) is 13.7 Å². The van der Waals surface area contributed by atoms with Crippen molar-refractivity contribution in [2.75, 3.05) is 27.2 Å². The second-order valence-corrected chi connectivity index (χ2v) is 6.43. The SMILES string of the molecule is CCNC(=O)c1ccc(CN=C(NCC)N(C)Cc2ccc(OC)cc2)cc1.I. The fourth-order valence-electron chi connectivity index (χ4n) is 2.74. The van der Waals surface area contributed by atoms with E-state index in [1.165, 1.54) is 5.56 Å². The summed E-state index contributed by atoms with van der Waals surface area (Å²) in [7, 11) is 3.68. The van der Waals surface area contributed by atoms with Crippen LogP contribution in [-0.4, -0.2) is 44.0 Å². The van der Waals surface area contributed by atoms with E-state index in [1.54, 1.807) is 7.11 Å². The summed E-state index contributed by atoms with van der Waals surface area (Å²) in [6.45, 7) is 6.67. The summed E-state index contributed by atoms with van der Waals surface area (Å²) < 4.78 is 5.21. The second kappa shape index (κ2) is 13.0. The Balaban J connectivity index is 0.00000420. The highest BCUT2D eigenvalue weighted by Crippen LogP contribution is 2.13. The number of amides is 1. The highest BCUT2D eigenvalue weighted by molar-refractivity contribution is 14.0. The molecule has 7 heteroatoms. The monoisotopic (exact) mass is 510 g/mol. The zero-order valence-corrected chi connectivity index (χ0v) is 19.9. The number of nitrogens with zero attached hydrogens (tertiary/aromatic N) is 2. The number of hydrogen-bond acceptors (Lipinski definition) is 3. The van der Waals surface area contributed by atoms with Crippen molar-refractivity contribution in [3.8, 4) is 5.75 Å². The third-order valence-corrected chi connectivity index (χ3v) is 4.24. The number of ether oxygens (including phenoxy) is 1. The van der Waals surface area contributed by atoms with Gasteiger partial charge in [0.25, 0.3) is 5.91 Å².